The van der Waals surface area contributed by atoms with E-state index in [0.29, 0.717) is 22.5 Å². The Hall–Kier alpha value is 0.0900. The van der Waals surface area contributed by atoms with Crippen molar-refractivity contribution >= 4 is 41.9 Å². The Morgan fingerprint density at radius 3 is 2.37 bits per heavy atom. The zero-order valence-electron chi connectivity index (χ0n) is 11.2. The zero-order chi connectivity index (χ0) is 14.4. The van der Waals surface area contributed by atoms with Gasteiger partial charge in [0.1, 0.15) is 0 Å². The number of rotatable bonds is 2. The van der Waals surface area contributed by atoms with Gasteiger partial charge in [-0.1, -0.05) is 29.8 Å². The van der Waals surface area contributed by atoms with Crippen molar-refractivity contribution in [3.8, 4) is 0 Å². The lowest BCUT2D eigenvalue weighted by atomic mass is 9.93. The van der Waals surface area contributed by atoms with E-state index in [4.69, 9.17) is 0 Å². The number of benzene rings is 1. The smallest absolute Gasteiger partial charge is 0.207 e. The summed E-state index contributed by atoms with van der Waals surface area (Å²) in [4.78, 5) is 0.336. The molecule has 1 saturated heterocycles. The number of hydrogen-bond donors (Lipinski definition) is 0. The minimum absolute atomic E-state index is 0.0570. The first-order chi connectivity index (χ1) is 8.63. The van der Waals surface area contributed by atoms with Gasteiger partial charge >= 0.3 is 0 Å². The van der Waals surface area contributed by atoms with Crippen molar-refractivity contribution in [1.29, 1.82) is 0 Å². The van der Waals surface area contributed by atoms with E-state index in [9.17, 15) is 8.42 Å². The molecule has 1 aliphatic heterocycles. The molecule has 0 bridgehead atoms. The average Bonchev–Trinajstić information content (AvgIpc) is 2.64. The van der Waals surface area contributed by atoms with Crippen LogP contribution in [0.15, 0.2) is 26.0 Å². The van der Waals surface area contributed by atoms with E-state index in [0.717, 1.165) is 16.5 Å². The molecule has 1 aromatic carbocycles. The van der Waals surface area contributed by atoms with Gasteiger partial charge in [0.15, 0.2) is 0 Å². The quantitative estimate of drug-likeness (QED) is 0.740. The van der Waals surface area contributed by atoms with Crippen LogP contribution >= 0.6 is 31.9 Å². The third kappa shape index (κ3) is 3.06. The highest BCUT2D eigenvalue weighted by molar-refractivity contribution is 9.11. The summed E-state index contributed by atoms with van der Waals surface area (Å²) in [5.74, 6) is 0. The summed E-state index contributed by atoms with van der Waals surface area (Å²) in [7, 11) is -3.42. The molecule has 0 aliphatic carbocycles. The Morgan fingerprint density at radius 2 is 1.84 bits per heavy atom. The van der Waals surface area contributed by atoms with Crippen LogP contribution in [-0.4, -0.2) is 25.8 Å². The normalized spacial score (nSPS) is 19.8. The van der Waals surface area contributed by atoms with Gasteiger partial charge in [0.05, 0.1) is 4.90 Å². The Labute approximate surface area is 131 Å². The molecule has 0 N–H and O–H groups in total. The molecule has 0 amide bonds. The molecule has 0 radical (unpaired) electrons. The SMILES string of the molecule is Cc1cc(Br)c(S(=O)(=O)N2CCC(C)(C)C2)cc1Br. The highest BCUT2D eigenvalue weighted by Gasteiger charge is 2.37. The minimum atomic E-state index is -3.42. The topological polar surface area (TPSA) is 37.4 Å². The lowest BCUT2D eigenvalue weighted by Crippen LogP contribution is -2.30. The largest absolute Gasteiger partial charge is 0.244 e. The van der Waals surface area contributed by atoms with Gasteiger partial charge < -0.3 is 0 Å². The van der Waals surface area contributed by atoms with Crippen LogP contribution in [0.2, 0.25) is 0 Å². The average molecular weight is 411 g/mol. The molecule has 2 rings (SSSR count). The van der Waals surface area contributed by atoms with Crippen molar-refractivity contribution in [2.24, 2.45) is 5.41 Å². The van der Waals surface area contributed by atoms with Crippen LogP contribution in [0, 0.1) is 12.3 Å². The van der Waals surface area contributed by atoms with Crippen molar-refractivity contribution in [3.63, 3.8) is 0 Å². The highest BCUT2D eigenvalue weighted by atomic mass is 79.9. The van der Waals surface area contributed by atoms with Crippen LogP contribution in [0.5, 0.6) is 0 Å². The summed E-state index contributed by atoms with van der Waals surface area (Å²) >= 11 is 6.77. The molecule has 1 heterocycles. The first-order valence-electron chi connectivity index (χ1n) is 6.09. The monoisotopic (exact) mass is 409 g/mol. The molecule has 0 aromatic heterocycles. The molecule has 6 heteroatoms. The van der Waals surface area contributed by atoms with Gasteiger partial charge in [-0.3, -0.25) is 0 Å². The third-order valence-corrected chi connectivity index (χ3v) is 7.13. The Morgan fingerprint density at radius 1 is 1.21 bits per heavy atom. The van der Waals surface area contributed by atoms with Crippen LogP contribution in [-0.2, 0) is 10.0 Å². The number of hydrogen-bond acceptors (Lipinski definition) is 2. The highest BCUT2D eigenvalue weighted by Crippen LogP contribution is 2.36. The maximum Gasteiger partial charge on any atom is 0.244 e. The van der Waals surface area contributed by atoms with Gasteiger partial charge in [-0.15, -0.1) is 0 Å². The Kier molecular flexibility index (Phi) is 4.18. The van der Waals surface area contributed by atoms with Crippen molar-refractivity contribution in [3.05, 3.63) is 26.6 Å². The summed E-state index contributed by atoms with van der Waals surface area (Å²) in [5.41, 5.74) is 1.06. The fourth-order valence-electron chi connectivity index (χ4n) is 2.23. The summed E-state index contributed by atoms with van der Waals surface area (Å²) in [5, 5.41) is 0. The standard InChI is InChI=1S/C13H17Br2NO2S/c1-9-6-11(15)12(7-10(9)14)19(17,18)16-5-4-13(2,3)8-16/h6-7H,4-5,8H2,1-3H3. The summed E-state index contributed by atoms with van der Waals surface area (Å²) in [6.45, 7) is 7.30. The van der Waals surface area contributed by atoms with E-state index in [1.165, 1.54) is 0 Å². The van der Waals surface area contributed by atoms with Crippen LogP contribution in [0.3, 0.4) is 0 Å². The van der Waals surface area contributed by atoms with E-state index in [-0.39, 0.29) is 5.41 Å². The molecule has 0 spiro atoms. The van der Waals surface area contributed by atoms with Crippen molar-refractivity contribution in [2.75, 3.05) is 13.1 Å². The minimum Gasteiger partial charge on any atom is -0.207 e. The number of sulfonamides is 1. The van der Waals surface area contributed by atoms with Crippen LogP contribution in [0.1, 0.15) is 25.8 Å². The first kappa shape index (κ1) is 15.5. The maximum absolute atomic E-state index is 12.7. The molecular formula is C13H17Br2NO2S. The van der Waals surface area contributed by atoms with Crippen molar-refractivity contribution in [1.82, 2.24) is 4.31 Å². The van der Waals surface area contributed by atoms with Crippen molar-refractivity contribution < 1.29 is 8.42 Å². The van der Waals surface area contributed by atoms with E-state index in [1.54, 1.807) is 10.4 Å². The van der Waals surface area contributed by atoms with Gasteiger partial charge in [-0.25, -0.2) is 8.42 Å². The van der Waals surface area contributed by atoms with Gasteiger partial charge in [0.25, 0.3) is 0 Å². The zero-order valence-corrected chi connectivity index (χ0v) is 15.2. The molecule has 1 aromatic rings. The lowest BCUT2D eigenvalue weighted by molar-refractivity contribution is 0.375. The predicted octanol–water partition coefficient (Wildman–Crippen LogP) is 3.94. The lowest BCUT2D eigenvalue weighted by Gasteiger charge is -2.20. The van der Waals surface area contributed by atoms with Crippen LogP contribution in [0.4, 0.5) is 0 Å². The van der Waals surface area contributed by atoms with Gasteiger partial charge in [-0.2, -0.15) is 4.31 Å². The van der Waals surface area contributed by atoms with E-state index >= 15 is 0 Å². The molecule has 1 aliphatic rings. The molecule has 3 nitrogen and oxygen atoms in total. The fourth-order valence-corrected chi connectivity index (χ4v) is 5.50. The second kappa shape index (κ2) is 5.13. The molecule has 1 fully saturated rings. The molecule has 0 unspecified atom stereocenters. The molecule has 0 atom stereocenters. The Balaban J connectivity index is 2.44. The maximum atomic E-state index is 12.7. The third-order valence-electron chi connectivity index (χ3n) is 3.47. The van der Waals surface area contributed by atoms with E-state index < -0.39 is 10.0 Å². The molecule has 106 valence electrons. The van der Waals surface area contributed by atoms with Crippen LogP contribution < -0.4 is 0 Å². The predicted molar refractivity (Wildman–Crippen MR) is 83.7 cm³/mol. The van der Waals surface area contributed by atoms with E-state index in [1.807, 2.05) is 13.0 Å². The fraction of sp³-hybridized carbons (Fsp3) is 0.538. The van der Waals surface area contributed by atoms with Crippen molar-refractivity contribution in [2.45, 2.75) is 32.1 Å². The number of nitrogens with zero attached hydrogens (tertiary/aromatic N) is 1. The summed E-state index contributed by atoms with van der Waals surface area (Å²) in [6, 6.07) is 3.51. The Bertz CT molecular complexity index is 611. The van der Waals surface area contributed by atoms with Crippen LogP contribution in [0.25, 0.3) is 0 Å². The second-order valence-corrected chi connectivity index (χ2v) is 9.40. The van der Waals surface area contributed by atoms with Gasteiger partial charge in [-0.05, 0) is 52.4 Å². The second-order valence-electron chi connectivity index (χ2n) is 5.78. The van der Waals surface area contributed by atoms with Gasteiger partial charge in [0, 0.05) is 22.0 Å². The number of halogens is 2. The molecule has 0 saturated carbocycles. The molecule has 19 heavy (non-hydrogen) atoms. The summed E-state index contributed by atoms with van der Waals surface area (Å²) in [6.07, 6.45) is 0.900. The summed E-state index contributed by atoms with van der Waals surface area (Å²) < 4.78 is 28.4. The van der Waals surface area contributed by atoms with Gasteiger partial charge in [0.2, 0.25) is 10.0 Å². The first-order valence-corrected chi connectivity index (χ1v) is 9.12. The number of aryl methyl sites for hydroxylation is 1. The van der Waals surface area contributed by atoms with E-state index in [2.05, 4.69) is 45.7 Å². The molecular weight excluding hydrogens is 394 g/mol.